The second-order valence-electron chi connectivity index (χ2n) is 8.77. The number of carbonyl (C=O) groups is 1. The van der Waals surface area contributed by atoms with E-state index in [4.69, 9.17) is 5.73 Å². The Morgan fingerprint density at radius 3 is 2.68 bits per heavy atom. The van der Waals surface area contributed by atoms with Gasteiger partial charge in [0.2, 0.25) is 5.95 Å². The molecule has 1 aromatic rings. The average Bonchev–Trinajstić information content (AvgIpc) is 2.48. The normalized spacial score (nSPS) is 39.1. The van der Waals surface area contributed by atoms with Gasteiger partial charge in [0.1, 0.15) is 5.82 Å². The van der Waals surface area contributed by atoms with E-state index in [0.717, 1.165) is 32.1 Å². The van der Waals surface area contributed by atoms with Crippen LogP contribution >= 0.6 is 0 Å². The fourth-order valence-corrected chi connectivity index (χ4v) is 5.02. The summed E-state index contributed by atoms with van der Waals surface area (Å²) in [4.78, 5) is 20.5. The molecule has 0 aromatic carbocycles. The van der Waals surface area contributed by atoms with Crippen molar-refractivity contribution in [2.45, 2.75) is 70.1 Å². The monoisotopic (exact) mass is 345 g/mol. The Bertz CT molecular complexity index is 687. The van der Waals surface area contributed by atoms with Crippen LogP contribution in [0.2, 0.25) is 0 Å². The number of hydrogen-bond acceptors (Lipinski definition) is 6. The molecule has 25 heavy (non-hydrogen) atoms. The predicted octanol–water partition coefficient (Wildman–Crippen LogP) is 1.89. The Morgan fingerprint density at radius 1 is 1.36 bits per heavy atom. The molecule has 1 heterocycles. The number of aliphatic hydroxyl groups is 1. The highest BCUT2D eigenvalue weighted by Gasteiger charge is 2.65. The van der Waals surface area contributed by atoms with E-state index in [0.29, 0.717) is 35.1 Å². The van der Waals surface area contributed by atoms with Gasteiger partial charge in [-0.25, -0.2) is 4.98 Å². The van der Waals surface area contributed by atoms with Gasteiger partial charge in [-0.1, -0.05) is 13.8 Å². The third-order valence-electron chi connectivity index (χ3n) is 6.22. The van der Waals surface area contributed by atoms with Gasteiger partial charge in [-0.15, -0.1) is 0 Å². The highest BCUT2D eigenvalue weighted by Crippen LogP contribution is 2.67. The fourth-order valence-electron chi connectivity index (χ4n) is 5.02. The SMILES string of the molecule is C[C@@H]1CC[C@@H](Nc2nc(NC34CC(C)(C3)C4)ncc2C(N)=O)CC1O. The molecule has 7 nitrogen and oxygen atoms in total. The number of hydrogen-bond donors (Lipinski definition) is 4. The lowest BCUT2D eigenvalue weighted by molar-refractivity contribution is -0.100. The van der Waals surface area contributed by atoms with Crippen molar-refractivity contribution in [3.63, 3.8) is 0 Å². The minimum atomic E-state index is -0.545. The molecule has 1 amide bonds. The summed E-state index contributed by atoms with van der Waals surface area (Å²) in [7, 11) is 0. The fraction of sp³-hybridized carbons (Fsp3) is 0.722. The summed E-state index contributed by atoms with van der Waals surface area (Å²) >= 11 is 0. The number of nitrogens with one attached hydrogen (secondary N) is 2. The Morgan fingerprint density at radius 2 is 2.08 bits per heavy atom. The van der Waals surface area contributed by atoms with Crippen LogP contribution in [0, 0.1) is 11.3 Å². The second-order valence-corrected chi connectivity index (χ2v) is 8.77. The van der Waals surface area contributed by atoms with Crippen LogP contribution in [0.25, 0.3) is 0 Å². The smallest absolute Gasteiger partial charge is 0.254 e. The zero-order valence-electron chi connectivity index (χ0n) is 14.9. The number of aromatic nitrogens is 2. The molecule has 5 N–H and O–H groups in total. The molecule has 4 fully saturated rings. The van der Waals surface area contributed by atoms with Gasteiger partial charge in [-0.2, -0.15) is 4.98 Å². The molecule has 2 bridgehead atoms. The van der Waals surface area contributed by atoms with E-state index in [1.165, 1.54) is 6.20 Å². The predicted molar refractivity (Wildman–Crippen MR) is 95.3 cm³/mol. The zero-order valence-corrected chi connectivity index (χ0v) is 14.9. The van der Waals surface area contributed by atoms with Crippen molar-refractivity contribution in [1.29, 1.82) is 0 Å². The minimum absolute atomic E-state index is 0.0842. The van der Waals surface area contributed by atoms with Gasteiger partial charge in [0, 0.05) is 17.8 Å². The summed E-state index contributed by atoms with van der Waals surface area (Å²) in [6.45, 7) is 4.36. The van der Waals surface area contributed by atoms with Gasteiger partial charge in [0.05, 0.1) is 11.7 Å². The molecule has 4 aliphatic carbocycles. The van der Waals surface area contributed by atoms with Crippen LogP contribution in [0.5, 0.6) is 0 Å². The van der Waals surface area contributed by atoms with Gasteiger partial charge < -0.3 is 21.5 Å². The number of nitrogens with zero attached hydrogens (tertiary/aromatic N) is 2. The van der Waals surface area contributed by atoms with Crippen molar-refractivity contribution in [1.82, 2.24) is 9.97 Å². The first-order chi connectivity index (χ1) is 11.8. The highest BCUT2D eigenvalue weighted by molar-refractivity contribution is 5.97. The van der Waals surface area contributed by atoms with Crippen LogP contribution in [0.15, 0.2) is 6.20 Å². The molecule has 0 spiro atoms. The average molecular weight is 345 g/mol. The van der Waals surface area contributed by atoms with E-state index < -0.39 is 5.91 Å². The molecule has 0 radical (unpaired) electrons. The van der Waals surface area contributed by atoms with Crippen molar-refractivity contribution in [3.05, 3.63) is 11.8 Å². The first kappa shape index (κ1) is 16.6. The molecular formula is C18H27N5O2. The first-order valence-corrected chi connectivity index (χ1v) is 9.17. The molecule has 4 saturated carbocycles. The van der Waals surface area contributed by atoms with Crippen LogP contribution in [0.4, 0.5) is 11.8 Å². The summed E-state index contributed by atoms with van der Waals surface area (Å²) in [6.07, 6.45) is 7.14. The van der Waals surface area contributed by atoms with Crippen LogP contribution in [0.1, 0.15) is 62.7 Å². The number of carbonyl (C=O) groups excluding carboxylic acids is 1. The maximum absolute atomic E-state index is 11.7. The van der Waals surface area contributed by atoms with E-state index in [9.17, 15) is 9.90 Å². The number of amides is 1. The lowest BCUT2D eigenvalue weighted by atomic mass is 9.40. The van der Waals surface area contributed by atoms with Crippen molar-refractivity contribution >= 4 is 17.7 Å². The van der Waals surface area contributed by atoms with Crippen LogP contribution in [-0.2, 0) is 0 Å². The number of rotatable bonds is 5. The third-order valence-corrected chi connectivity index (χ3v) is 6.22. The van der Waals surface area contributed by atoms with Gasteiger partial charge >= 0.3 is 0 Å². The largest absolute Gasteiger partial charge is 0.393 e. The number of nitrogens with two attached hydrogens (primary N) is 1. The number of primary amides is 1. The van der Waals surface area contributed by atoms with E-state index in [1.54, 1.807) is 0 Å². The van der Waals surface area contributed by atoms with E-state index in [1.807, 2.05) is 0 Å². The molecule has 7 heteroatoms. The second kappa shape index (κ2) is 5.56. The minimum Gasteiger partial charge on any atom is -0.393 e. The summed E-state index contributed by atoms with van der Waals surface area (Å²) in [5, 5.41) is 16.9. The van der Waals surface area contributed by atoms with Crippen LogP contribution in [-0.4, -0.2) is 38.7 Å². The summed E-state index contributed by atoms with van der Waals surface area (Å²) in [6, 6.07) is 0.0842. The molecule has 1 unspecified atom stereocenters. The topological polar surface area (TPSA) is 113 Å². The molecule has 136 valence electrons. The number of aliphatic hydroxyl groups excluding tert-OH is 1. The first-order valence-electron chi connectivity index (χ1n) is 9.17. The summed E-state index contributed by atoms with van der Waals surface area (Å²) < 4.78 is 0. The molecular weight excluding hydrogens is 318 g/mol. The van der Waals surface area contributed by atoms with Gasteiger partial charge in [-0.3, -0.25) is 4.79 Å². The Kier molecular flexibility index (Phi) is 3.68. The third kappa shape index (κ3) is 2.94. The van der Waals surface area contributed by atoms with Crippen molar-refractivity contribution < 1.29 is 9.90 Å². The van der Waals surface area contributed by atoms with E-state index >= 15 is 0 Å². The maximum Gasteiger partial charge on any atom is 0.254 e. The Labute approximate surface area is 147 Å². The van der Waals surface area contributed by atoms with E-state index in [-0.39, 0.29) is 17.7 Å². The van der Waals surface area contributed by atoms with Crippen molar-refractivity contribution in [2.24, 2.45) is 17.1 Å². The Balaban J connectivity index is 1.50. The van der Waals surface area contributed by atoms with Gasteiger partial charge in [0.25, 0.3) is 5.91 Å². The standard InChI is InChI=1S/C18H27N5O2/c1-10-3-4-11(5-13(10)24)21-15-12(14(19)25)6-20-16(22-15)23-18-7-17(2,8-18)9-18/h6,10-11,13,24H,3-5,7-9H2,1-2H3,(H2,19,25)(H2,20,21,22,23)/t10-,11-,13?,17?,18?/m1/s1. The molecule has 5 rings (SSSR count). The number of anilines is 2. The Hall–Kier alpha value is -1.89. The zero-order chi connectivity index (χ0) is 17.8. The van der Waals surface area contributed by atoms with Gasteiger partial charge in [-0.05, 0) is 49.9 Å². The maximum atomic E-state index is 11.7. The van der Waals surface area contributed by atoms with Crippen molar-refractivity contribution in [2.75, 3.05) is 10.6 Å². The lowest BCUT2D eigenvalue weighted by Crippen LogP contribution is -2.69. The van der Waals surface area contributed by atoms with Crippen molar-refractivity contribution in [3.8, 4) is 0 Å². The van der Waals surface area contributed by atoms with Crippen LogP contribution in [0.3, 0.4) is 0 Å². The quantitative estimate of drug-likeness (QED) is 0.648. The molecule has 4 aliphatic rings. The van der Waals surface area contributed by atoms with Crippen LogP contribution < -0.4 is 16.4 Å². The highest BCUT2D eigenvalue weighted by atomic mass is 16.3. The molecule has 0 saturated heterocycles. The van der Waals surface area contributed by atoms with Gasteiger partial charge in [0.15, 0.2) is 0 Å². The molecule has 3 atom stereocenters. The van der Waals surface area contributed by atoms with E-state index in [2.05, 4.69) is 34.4 Å². The lowest BCUT2D eigenvalue weighted by Gasteiger charge is -2.69. The summed E-state index contributed by atoms with van der Waals surface area (Å²) in [5.74, 6) is 0.771. The molecule has 0 aliphatic heterocycles. The molecule has 1 aromatic heterocycles. The summed E-state index contributed by atoms with van der Waals surface area (Å²) in [5.41, 5.74) is 6.41.